The summed E-state index contributed by atoms with van der Waals surface area (Å²) in [5, 5.41) is 0. The Hall–Kier alpha value is -0.195. The van der Waals surface area contributed by atoms with Crippen molar-refractivity contribution in [1.29, 1.82) is 0 Å². The summed E-state index contributed by atoms with van der Waals surface area (Å²) in [5.74, 6) is 1.09. The number of allylic oxidation sites excluding steroid dienone is 1. The van der Waals surface area contributed by atoms with E-state index in [-0.39, 0.29) is 0 Å². The maximum atomic E-state index is 5.41. The molecule has 6 heavy (non-hydrogen) atoms. The number of hydrogen-bond acceptors (Lipinski definition) is 0. The molecule has 0 aliphatic heterocycles. The third-order valence-electron chi connectivity index (χ3n) is 1.19. The van der Waals surface area contributed by atoms with E-state index in [2.05, 4.69) is 6.58 Å². The lowest BCUT2D eigenvalue weighted by Gasteiger charge is -1.72. The molecule has 0 aromatic carbocycles. The molecule has 2 radical (unpaired) electrons. The van der Waals surface area contributed by atoms with Gasteiger partial charge in [0, 0.05) is 0 Å². The maximum absolute atomic E-state index is 5.41. The van der Waals surface area contributed by atoms with Gasteiger partial charge in [-0.3, -0.25) is 0 Å². The molecule has 0 heterocycles. The van der Waals surface area contributed by atoms with Gasteiger partial charge in [-0.1, -0.05) is 18.3 Å². The summed E-state index contributed by atoms with van der Waals surface area (Å²) >= 11 is 0. The van der Waals surface area contributed by atoms with Gasteiger partial charge in [0.25, 0.3) is 0 Å². The molecule has 0 amide bonds. The lowest BCUT2D eigenvalue weighted by atomic mass is 10.0. The second-order valence-corrected chi connectivity index (χ2v) is 1.80. The van der Waals surface area contributed by atoms with E-state index in [9.17, 15) is 0 Å². The molecule has 0 spiro atoms. The maximum Gasteiger partial charge on any atom is 0.0707 e. The van der Waals surface area contributed by atoms with Crippen molar-refractivity contribution < 1.29 is 0 Å². The highest BCUT2D eigenvalue weighted by molar-refractivity contribution is 6.14. The van der Waals surface area contributed by atoms with Gasteiger partial charge < -0.3 is 0 Å². The predicted molar refractivity (Wildman–Crippen MR) is 27.8 cm³/mol. The van der Waals surface area contributed by atoms with Crippen LogP contribution in [0.15, 0.2) is 12.7 Å². The van der Waals surface area contributed by atoms with Crippen LogP contribution in [0.5, 0.6) is 0 Å². The molecule has 0 nitrogen and oxygen atoms in total. The average Bonchev–Trinajstić information content (AvgIpc) is 2.19. The second-order valence-electron chi connectivity index (χ2n) is 1.80. The quantitative estimate of drug-likeness (QED) is 0.326. The van der Waals surface area contributed by atoms with Gasteiger partial charge in [-0.15, -0.1) is 6.58 Å². The summed E-state index contributed by atoms with van der Waals surface area (Å²) in [6.45, 7) is 3.59. The van der Waals surface area contributed by atoms with Crippen molar-refractivity contribution >= 4 is 7.85 Å². The summed E-state index contributed by atoms with van der Waals surface area (Å²) in [4.78, 5) is 0. The van der Waals surface area contributed by atoms with Crippen molar-refractivity contribution in [3.05, 3.63) is 12.7 Å². The first-order valence-corrected chi connectivity index (χ1v) is 2.22. The highest BCUT2D eigenvalue weighted by Gasteiger charge is 2.27. The molecule has 0 aromatic rings. The minimum atomic E-state index is 0.447. The molecular formula is C5H7B. The van der Waals surface area contributed by atoms with Crippen molar-refractivity contribution in [2.24, 2.45) is 5.92 Å². The van der Waals surface area contributed by atoms with Crippen molar-refractivity contribution in [2.45, 2.75) is 12.2 Å². The van der Waals surface area contributed by atoms with Crippen LogP contribution in [0.4, 0.5) is 0 Å². The zero-order valence-electron chi connectivity index (χ0n) is 3.72. The van der Waals surface area contributed by atoms with Crippen LogP contribution in [-0.2, 0) is 0 Å². The summed E-state index contributed by atoms with van der Waals surface area (Å²) < 4.78 is 0. The van der Waals surface area contributed by atoms with Crippen molar-refractivity contribution in [3.8, 4) is 0 Å². The summed E-state index contributed by atoms with van der Waals surface area (Å²) in [6.07, 6.45) is 3.08. The first-order valence-electron chi connectivity index (χ1n) is 2.22. The van der Waals surface area contributed by atoms with Crippen molar-refractivity contribution in [2.75, 3.05) is 0 Å². The second kappa shape index (κ2) is 1.14. The molecule has 1 heteroatoms. The molecule has 0 saturated heterocycles. The average molecular weight is 77.9 g/mol. The molecule has 30 valence electrons. The molecule has 2 atom stereocenters. The van der Waals surface area contributed by atoms with Gasteiger partial charge in [-0.05, 0) is 5.92 Å². The summed E-state index contributed by atoms with van der Waals surface area (Å²) in [5.41, 5.74) is 0. The van der Waals surface area contributed by atoms with Crippen LogP contribution in [-0.4, -0.2) is 7.85 Å². The van der Waals surface area contributed by atoms with Crippen molar-refractivity contribution in [1.82, 2.24) is 0 Å². The van der Waals surface area contributed by atoms with E-state index in [1.165, 1.54) is 0 Å². The standard InChI is InChI=1S/C5H7B/c1-2-4-3-5(4)6/h2,4-5H,1,3H2. The monoisotopic (exact) mass is 78.1 g/mol. The molecule has 0 aromatic heterocycles. The number of hydrogen-bond donors (Lipinski definition) is 0. The Labute approximate surface area is 39.7 Å². The third-order valence-corrected chi connectivity index (χ3v) is 1.19. The van der Waals surface area contributed by atoms with E-state index in [0.29, 0.717) is 11.7 Å². The van der Waals surface area contributed by atoms with Crippen LogP contribution >= 0.6 is 0 Å². The van der Waals surface area contributed by atoms with E-state index in [4.69, 9.17) is 7.85 Å². The van der Waals surface area contributed by atoms with Crippen LogP contribution in [0.1, 0.15) is 6.42 Å². The van der Waals surface area contributed by atoms with Crippen molar-refractivity contribution in [3.63, 3.8) is 0 Å². The van der Waals surface area contributed by atoms with E-state index in [1.807, 2.05) is 6.08 Å². The van der Waals surface area contributed by atoms with E-state index in [0.717, 1.165) is 6.42 Å². The molecule has 1 saturated carbocycles. The van der Waals surface area contributed by atoms with Crippen LogP contribution < -0.4 is 0 Å². The number of rotatable bonds is 1. The molecule has 1 aliphatic rings. The zero-order chi connectivity index (χ0) is 4.57. The van der Waals surface area contributed by atoms with Crippen LogP contribution in [0.25, 0.3) is 0 Å². The smallest absolute Gasteiger partial charge is 0.0707 e. The molecule has 2 unspecified atom stereocenters. The molecular weight excluding hydrogens is 70.9 g/mol. The van der Waals surface area contributed by atoms with E-state index < -0.39 is 0 Å². The Bertz CT molecular complexity index is 68.3. The Balaban J connectivity index is 2.25. The fraction of sp³-hybridized carbons (Fsp3) is 0.600. The molecule has 1 fully saturated rings. The highest BCUT2D eigenvalue weighted by Crippen LogP contribution is 2.42. The van der Waals surface area contributed by atoms with Gasteiger partial charge >= 0.3 is 0 Å². The highest BCUT2D eigenvalue weighted by atomic mass is 14.3. The van der Waals surface area contributed by atoms with Gasteiger partial charge in [0.2, 0.25) is 0 Å². The molecule has 1 rings (SSSR count). The fourth-order valence-electron chi connectivity index (χ4n) is 0.507. The van der Waals surface area contributed by atoms with E-state index >= 15 is 0 Å². The van der Waals surface area contributed by atoms with Crippen LogP contribution in [0, 0.1) is 5.92 Å². The first-order chi connectivity index (χ1) is 2.84. The largest absolute Gasteiger partial charge is 0.103 e. The summed E-state index contributed by atoms with van der Waals surface area (Å²) in [6, 6.07) is 0. The topological polar surface area (TPSA) is 0 Å². The van der Waals surface area contributed by atoms with Crippen LogP contribution in [0.3, 0.4) is 0 Å². The van der Waals surface area contributed by atoms with Gasteiger partial charge in [0.15, 0.2) is 0 Å². The Morgan fingerprint density at radius 1 is 1.83 bits per heavy atom. The molecule has 0 bridgehead atoms. The predicted octanol–water partition coefficient (Wildman–Crippen LogP) is 1.15. The SMILES string of the molecule is [B]C1CC1C=C. The fourth-order valence-corrected chi connectivity index (χ4v) is 0.507. The Morgan fingerprint density at radius 3 is 2.33 bits per heavy atom. The molecule has 1 aliphatic carbocycles. The first kappa shape index (κ1) is 3.98. The van der Waals surface area contributed by atoms with Gasteiger partial charge in [-0.2, -0.15) is 0 Å². The Morgan fingerprint density at radius 2 is 2.33 bits per heavy atom. The normalized spacial score (nSPS) is 42.0. The third kappa shape index (κ3) is 0.491. The summed E-state index contributed by atoms with van der Waals surface area (Å²) in [7, 11) is 5.41. The molecule has 0 N–H and O–H groups in total. The zero-order valence-corrected chi connectivity index (χ0v) is 3.72. The lowest BCUT2D eigenvalue weighted by molar-refractivity contribution is 1.13. The van der Waals surface area contributed by atoms with Gasteiger partial charge in [0.1, 0.15) is 0 Å². The Kier molecular flexibility index (Phi) is 0.757. The van der Waals surface area contributed by atoms with Gasteiger partial charge in [0.05, 0.1) is 7.85 Å². The van der Waals surface area contributed by atoms with E-state index in [1.54, 1.807) is 0 Å². The minimum absolute atomic E-state index is 0.447. The lowest BCUT2D eigenvalue weighted by Crippen LogP contribution is -1.63. The van der Waals surface area contributed by atoms with Gasteiger partial charge in [-0.25, -0.2) is 0 Å². The minimum Gasteiger partial charge on any atom is -0.103 e. The van der Waals surface area contributed by atoms with Crippen LogP contribution in [0.2, 0.25) is 5.82 Å².